The highest BCUT2D eigenvalue weighted by Gasteiger charge is 2.24. The van der Waals surface area contributed by atoms with Gasteiger partial charge in [0.25, 0.3) is 0 Å². The summed E-state index contributed by atoms with van der Waals surface area (Å²) in [5.74, 6) is -0.341. The number of thiophene rings is 1. The molecule has 0 unspecified atom stereocenters. The van der Waals surface area contributed by atoms with Gasteiger partial charge in [-0.1, -0.05) is 35.5 Å². The van der Waals surface area contributed by atoms with Gasteiger partial charge in [-0.05, 0) is 23.4 Å². The minimum absolute atomic E-state index is 0.0635. The lowest BCUT2D eigenvalue weighted by molar-refractivity contribution is -0.132. The molecule has 1 aliphatic rings. The summed E-state index contributed by atoms with van der Waals surface area (Å²) in [6.07, 6.45) is 0.864. The van der Waals surface area contributed by atoms with E-state index in [1.54, 1.807) is 16.2 Å². The minimum atomic E-state index is -0.615. The van der Waals surface area contributed by atoms with Crippen LogP contribution in [0, 0.1) is 0 Å². The lowest BCUT2D eigenvalue weighted by Crippen LogP contribution is -2.38. The second-order valence-corrected chi connectivity index (χ2v) is 6.66. The highest BCUT2D eigenvalue weighted by Crippen LogP contribution is 2.24. The molecule has 0 spiro atoms. The Hall–Kier alpha value is -2.67. The second kappa shape index (κ2) is 6.09. The number of benzene rings is 1. The summed E-state index contributed by atoms with van der Waals surface area (Å²) in [5.41, 5.74) is 1.94. The summed E-state index contributed by atoms with van der Waals surface area (Å²) in [4.78, 5) is 27.7. The van der Waals surface area contributed by atoms with E-state index in [-0.39, 0.29) is 12.5 Å². The predicted octanol–water partition coefficient (Wildman–Crippen LogP) is 2.15. The Morgan fingerprint density at radius 2 is 2.08 bits per heavy atom. The molecular weight excluding hydrogens is 326 g/mol. The third kappa shape index (κ3) is 2.67. The van der Waals surface area contributed by atoms with Crippen molar-refractivity contribution >= 4 is 17.2 Å². The predicted molar refractivity (Wildman–Crippen MR) is 89.6 cm³/mol. The fourth-order valence-electron chi connectivity index (χ4n) is 2.90. The van der Waals surface area contributed by atoms with Crippen LogP contribution >= 0.6 is 11.3 Å². The fraction of sp³-hybridized carbons (Fsp3) is 0.235. The average Bonchev–Trinajstić information content (AvgIpc) is 3.22. The summed E-state index contributed by atoms with van der Waals surface area (Å²) in [7, 11) is 0. The summed E-state index contributed by atoms with van der Waals surface area (Å²) in [6.45, 7) is 1.21. The zero-order chi connectivity index (χ0) is 16.5. The molecule has 0 saturated heterocycles. The van der Waals surface area contributed by atoms with Gasteiger partial charge in [0.2, 0.25) is 5.91 Å². The molecule has 3 aromatic rings. The number of rotatable bonds is 3. The maximum Gasteiger partial charge on any atom is 0.442 e. The lowest BCUT2D eigenvalue weighted by atomic mass is 10.1. The zero-order valence-electron chi connectivity index (χ0n) is 12.8. The van der Waals surface area contributed by atoms with E-state index >= 15 is 0 Å². The first-order valence-electron chi connectivity index (χ1n) is 7.67. The number of nitrogens with zero attached hydrogens (tertiary/aromatic N) is 3. The maximum atomic E-state index is 12.6. The van der Waals surface area contributed by atoms with Crippen molar-refractivity contribution in [2.24, 2.45) is 0 Å². The van der Waals surface area contributed by atoms with Crippen molar-refractivity contribution < 1.29 is 9.32 Å². The minimum Gasteiger partial charge on any atom is -0.336 e. The average molecular weight is 341 g/mol. The summed E-state index contributed by atoms with van der Waals surface area (Å²) in [5, 5.41) is 5.87. The molecule has 1 aliphatic heterocycles. The molecule has 24 heavy (non-hydrogen) atoms. The van der Waals surface area contributed by atoms with Gasteiger partial charge in [0.15, 0.2) is 5.82 Å². The SMILES string of the molecule is O=C(Cn1c(-c2ccccc2)noc1=O)N1CCc2sccc2C1. The number of amides is 1. The molecule has 0 saturated carbocycles. The molecule has 2 aromatic heterocycles. The fourth-order valence-corrected chi connectivity index (χ4v) is 3.79. The number of carbonyl (C=O) groups is 1. The monoisotopic (exact) mass is 341 g/mol. The second-order valence-electron chi connectivity index (χ2n) is 5.66. The summed E-state index contributed by atoms with van der Waals surface area (Å²) < 4.78 is 6.06. The first kappa shape index (κ1) is 14.9. The highest BCUT2D eigenvalue weighted by atomic mass is 32.1. The van der Waals surface area contributed by atoms with Crippen LogP contribution in [-0.2, 0) is 24.3 Å². The van der Waals surface area contributed by atoms with Gasteiger partial charge in [-0.3, -0.25) is 9.32 Å². The summed E-state index contributed by atoms with van der Waals surface area (Å²) in [6, 6.07) is 11.3. The third-order valence-corrected chi connectivity index (χ3v) is 5.19. The largest absolute Gasteiger partial charge is 0.442 e. The Labute approximate surface area is 141 Å². The van der Waals surface area contributed by atoms with E-state index in [0.717, 1.165) is 12.0 Å². The van der Waals surface area contributed by atoms with E-state index in [1.165, 1.54) is 15.0 Å². The molecule has 0 N–H and O–H groups in total. The van der Waals surface area contributed by atoms with Crippen molar-refractivity contribution in [1.82, 2.24) is 14.6 Å². The van der Waals surface area contributed by atoms with Crippen molar-refractivity contribution in [2.75, 3.05) is 6.54 Å². The van der Waals surface area contributed by atoms with Crippen LogP contribution in [0.5, 0.6) is 0 Å². The molecule has 7 heteroatoms. The molecule has 1 aromatic carbocycles. The molecule has 0 fully saturated rings. The van der Waals surface area contributed by atoms with E-state index in [4.69, 9.17) is 4.52 Å². The molecule has 0 bridgehead atoms. The van der Waals surface area contributed by atoms with E-state index < -0.39 is 5.76 Å². The first-order chi connectivity index (χ1) is 11.7. The van der Waals surface area contributed by atoms with E-state index in [1.807, 2.05) is 30.3 Å². The molecule has 0 atom stereocenters. The molecule has 6 nitrogen and oxygen atoms in total. The molecule has 122 valence electrons. The molecule has 0 radical (unpaired) electrons. The lowest BCUT2D eigenvalue weighted by Gasteiger charge is -2.27. The Balaban J connectivity index is 1.57. The van der Waals surface area contributed by atoms with Crippen LogP contribution in [0.25, 0.3) is 11.4 Å². The number of fused-ring (bicyclic) bond motifs is 1. The first-order valence-corrected chi connectivity index (χ1v) is 8.55. The zero-order valence-corrected chi connectivity index (χ0v) is 13.7. The van der Waals surface area contributed by atoms with Crippen molar-refractivity contribution in [3.8, 4) is 11.4 Å². The van der Waals surface area contributed by atoms with Crippen molar-refractivity contribution in [2.45, 2.75) is 19.5 Å². The van der Waals surface area contributed by atoms with Crippen LogP contribution in [0.2, 0.25) is 0 Å². The number of carbonyl (C=O) groups excluding carboxylic acids is 1. The third-order valence-electron chi connectivity index (χ3n) is 4.17. The number of aromatic nitrogens is 2. The summed E-state index contributed by atoms with van der Waals surface area (Å²) >= 11 is 1.73. The Morgan fingerprint density at radius 1 is 1.25 bits per heavy atom. The number of hydrogen-bond acceptors (Lipinski definition) is 5. The number of hydrogen-bond donors (Lipinski definition) is 0. The van der Waals surface area contributed by atoms with Gasteiger partial charge in [-0.2, -0.15) is 0 Å². The van der Waals surface area contributed by atoms with Gasteiger partial charge in [0.1, 0.15) is 6.54 Å². The highest BCUT2D eigenvalue weighted by molar-refractivity contribution is 7.10. The van der Waals surface area contributed by atoms with Gasteiger partial charge in [0, 0.05) is 23.5 Å². The van der Waals surface area contributed by atoms with E-state index in [0.29, 0.717) is 18.9 Å². The molecule has 0 aliphatic carbocycles. The van der Waals surface area contributed by atoms with Gasteiger partial charge in [-0.25, -0.2) is 9.36 Å². The Kier molecular flexibility index (Phi) is 3.78. The maximum absolute atomic E-state index is 12.6. The Bertz CT molecular complexity index is 926. The topological polar surface area (TPSA) is 68.3 Å². The molecular formula is C17H15N3O3S. The molecule has 1 amide bonds. The Morgan fingerprint density at radius 3 is 2.92 bits per heavy atom. The van der Waals surface area contributed by atoms with Gasteiger partial charge in [0.05, 0.1) is 0 Å². The van der Waals surface area contributed by atoms with Crippen molar-refractivity contribution in [1.29, 1.82) is 0 Å². The van der Waals surface area contributed by atoms with Gasteiger partial charge >= 0.3 is 5.76 Å². The van der Waals surface area contributed by atoms with Gasteiger partial charge in [-0.15, -0.1) is 11.3 Å². The van der Waals surface area contributed by atoms with E-state index in [9.17, 15) is 9.59 Å². The van der Waals surface area contributed by atoms with Crippen molar-refractivity contribution in [3.63, 3.8) is 0 Å². The normalized spacial score (nSPS) is 13.8. The van der Waals surface area contributed by atoms with Crippen LogP contribution in [0.4, 0.5) is 0 Å². The van der Waals surface area contributed by atoms with Crippen LogP contribution in [0.1, 0.15) is 10.4 Å². The van der Waals surface area contributed by atoms with Gasteiger partial charge < -0.3 is 4.90 Å². The van der Waals surface area contributed by atoms with Crippen LogP contribution in [0.3, 0.4) is 0 Å². The van der Waals surface area contributed by atoms with Crippen LogP contribution in [0.15, 0.2) is 51.1 Å². The quantitative estimate of drug-likeness (QED) is 0.732. The standard InChI is InChI=1S/C17H15N3O3S/c21-15(19-8-6-14-13(10-19)7-9-24-14)11-20-16(18-23-17(20)22)12-4-2-1-3-5-12/h1-5,7,9H,6,8,10-11H2. The smallest absolute Gasteiger partial charge is 0.336 e. The molecule has 4 rings (SSSR count). The van der Waals surface area contributed by atoms with E-state index in [2.05, 4.69) is 16.6 Å². The van der Waals surface area contributed by atoms with Crippen LogP contribution in [-0.4, -0.2) is 27.1 Å². The van der Waals surface area contributed by atoms with Crippen molar-refractivity contribution in [3.05, 3.63) is 62.8 Å². The van der Waals surface area contributed by atoms with Crippen LogP contribution < -0.4 is 5.76 Å². The molecule has 3 heterocycles.